The zero-order valence-corrected chi connectivity index (χ0v) is 3.72. The summed E-state index contributed by atoms with van der Waals surface area (Å²) in [5.41, 5.74) is 11.4. The summed E-state index contributed by atoms with van der Waals surface area (Å²) in [6, 6.07) is -1.15. The van der Waals surface area contributed by atoms with Crippen LogP contribution in [0.4, 0.5) is 0 Å². The highest BCUT2D eigenvalue weighted by Gasteiger charge is 2.07. The Kier molecular flexibility index (Phi) is 2.32. The summed E-state index contributed by atoms with van der Waals surface area (Å²) in [5, 5.41) is 7.91. The first kappa shape index (κ1) is 6.39. The molecule has 4 heteroatoms. The molecule has 0 aromatic carbocycles. The molecule has 0 spiro atoms. The molecule has 4 nitrogen and oxygen atoms in total. The summed E-state index contributed by atoms with van der Waals surface area (Å²) in [6.07, 6.45) is 0. The fourth-order valence-electron chi connectivity index (χ4n) is 0.101. The van der Waals surface area contributed by atoms with Gasteiger partial charge in [-0.15, -0.1) is 0 Å². The highest BCUT2D eigenvalue weighted by molar-refractivity contribution is 5.73. The van der Waals surface area contributed by atoms with E-state index in [4.69, 9.17) is 16.6 Å². The zero-order chi connectivity index (χ0) is 5.86. The van der Waals surface area contributed by atoms with Crippen molar-refractivity contribution < 1.29 is 9.90 Å². The Hall–Kier alpha value is -0.610. The fourth-order valence-corrected chi connectivity index (χ4v) is 0.101. The summed E-state index contributed by atoms with van der Waals surface area (Å²) in [6.45, 7) is -0.116. The molecule has 0 aliphatic rings. The molecule has 0 fully saturated rings. The molecule has 0 aromatic rings. The van der Waals surface area contributed by atoms with E-state index in [9.17, 15) is 4.79 Å². The van der Waals surface area contributed by atoms with Crippen LogP contribution in [0.5, 0.6) is 0 Å². The Morgan fingerprint density at radius 1 is 2.00 bits per heavy atom. The van der Waals surface area contributed by atoms with E-state index in [1.807, 2.05) is 0 Å². The Balaban J connectivity index is 3.34. The molecule has 1 atom stereocenters. The van der Waals surface area contributed by atoms with Gasteiger partial charge in [-0.05, 0) is 0 Å². The van der Waals surface area contributed by atoms with Gasteiger partial charge in [0, 0.05) is 6.54 Å². The van der Waals surface area contributed by atoms with E-state index in [1.54, 1.807) is 0 Å². The van der Waals surface area contributed by atoms with E-state index in [2.05, 4.69) is 0 Å². The Morgan fingerprint density at radius 3 is 2.43 bits per heavy atom. The second kappa shape index (κ2) is 2.54. The lowest BCUT2D eigenvalue weighted by Gasteiger charge is -1.95. The molecule has 4 N–H and O–H groups in total. The lowest BCUT2D eigenvalue weighted by Crippen LogP contribution is -2.30. The van der Waals surface area contributed by atoms with Gasteiger partial charge in [0.25, 0.3) is 0 Å². The largest absolute Gasteiger partial charge is 0.480 e. The van der Waals surface area contributed by atoms with Gasteiger partial charge in [-0.25, -0.2) is 5.73 Å². The lowest BCUT2D eigenvalue weighted by molar-refractivity contribution is -0.138. The van der Waals surface area contributed by atoms with E-state index < -0.39 is 12.0 Å². The van der Waals surface area contributed by atoms with E-state index >= 15 is 0 Å². The van der Waals surface area contributed by atoms with Crippen LogP contribution in [-0.4, -0.2) is 23.7 Å². The van der Waals surface area contributed by atoms with E-state index in [-0.39, 0.29) is 6.54 Å². The minimum Gasteiger partial charge on any atom is -0.480 e. The molecule has 0 saturated heterocycles. The van der Waals surface area contributed by atoms with Gasteiger partial charge in [-0.1, -0.05) is 0 Å². The summed E-state index contributed by atoms with van der Waals surface area (Å²) < 4.78 is 0. The van der Waals surface area contributed by atoms with Crippen LogP contribution in [0.15, 0.2) is 0 Å². The monoisotopic (exact) mass is 103 g/mol. The average Bonchev–Trinajstić information content (AvgIpc) is 1.65. The standard InChI is InChI=1S/C3H7N2O2/c4-1-2(5)3(6)7/h2,5H,1,4H2,(H,6,7). The average molecular weight is 103 g/mol. The van der Waals surface area contributed by atoms with Gasteiger partial charge in [-0.2, -0.15) is 0 Å². The van der Waals surface area contributed by atoms with Crippen molar-refractivity contribution in [1.82, 2.24) is 5.73 Å². The topological polar surface area (TPSA) is 87.1 Å². The summed E-state index contributed by atoms with van der Waals surface area (Å²) in [4.78, 5) is 9.66. The van der Waals surface area contributed by atoms with Crippen LogP contribution in [-0.2, 0) is 4.79 Å². The van der Waals surface area contributed by atoms with Crippen molar-refractivity contribution in [3.05, 3.63) is 0 Å². The number of hydrogen-bond acceptors (Lipinski definition) is 2. The predicted molar refractivity (Wildman–Crippen MR) is 23.6 cm³/mol. The predicted octanol–water partition coefficient (Wildman–Crippen LogP) is -1.32. The molecule has 0 bridgehead atoms. The molecule has 0 heterocycles. The van der Waals surface area contributed by atoms with Gasteiger partial charge < -0.3 is 10.8 Å². The van der Waals surface area contributed by atoms with Crippen LogP contribution in [0.2, 0.25) is 0 Å². The van der Waals surface area contributed by atoms with Gasteiger partial charge in [0.05, 0.1) is 0 Å². The Labute approximate surface area is 41.1 Å². The number of aliphatic carboxylic acids is 1. The fraction of sp³-hybridized carbons (Fsp3) is 0.667. The van der Waals surface area contributed by atoms with Crippen LogP contribution >= 0.6 is 0 Å². The van der Waals surface area contributed by atoms with Crippen molar-refractivity contribution in [2.75, 3.05) is 6.54 Å². The Morgan fingerprint density at radius 2 is 2.43 bits per heavy atom. The SMILES string of the molecule is [NH]C(CN)C(=O)O. The number of carboxylic acids is 1. The molecule has 7 heavy (non-hydrogen) atoms. The molecule has 1 radical (unpaired) electrons. The number of carboxylic acid groups (broad SMARTS) is 1. The van der Waals surface area contributed by atoms with Crippen molar-refractivity contribution in [3.8, 4) is 0 Å². The first-order valence-electron chi connectivity index (χ1n) is 1.82. The highest BCUT2D eigenvalue weighted by Crippen LogP contribution is 1.72. The first-order valence-corrected chi connectivity index (χ1v) is 1.82. The van der Waals surface area contributed by atoms with E-state index in [0.29, 0.717) is 0 Å². The van der Waals surface area contributed by atoms with Crippen LogP contribution in [0.1, 0.15) is 0 Å². The van der Waals surface area contributed by atoms with Gasteiger partial charge >= 0.3 is 5.97 Å². The minimum absolute atomic E-state index is 0.116. The van der Waals surface area contributed by atoms with Gasteiger partial charge in [-0.3, -0.25) is 4.79 Å². The number of nitrogens with one attached hydrogen (secondary N) is 1. The lowest BCUT2D eigenvalue weighted by atomic mass is 10.3. The van der Waals surface area contributed by atoms with Gasteiger partial charge in [0.1, 0.15) is 6.04 Å². The smallest absolute Gasteiger partial charge is 0.323 e. The number of nitrogens with two attached hydrogens (primary N) is 1. The maximum Gasteiger partial charge on any atom is 0.323 e. The second-order valence-electron chi connectivity index (χ2n) is 1.13. The third-order valence-electron chi connectivity index (χ3n) is 0.534. The second-order valence-corrected chi connectivity index (χ2v) is 1.13. The molecule has 0 aliphatic heterocycles. The quantitative estimate of drug-likeness (QED) is 0.454. The maximum absolute atomic E-state index is 9.66. The van der Waals surface area contributed by atoms with Gasteiger partial charge in [0.2, 0.25) is 0 Å². The molecule has 0 saturated carbocycles. The van der Waals surface area contributed by atoms with Crippen LogP contribution in [0.3, 0.4) is 0 Å². The molecule has 0 amide bonds. The van der Waals surface area contributed by atoms with Crippen molar-refractivity contribution in [2.45, 2.75) is 6.04 Å². The first-order chi connectivity index (χ1) is 3.18. The molecule has 0 aliphatic carbocycles. The molecule has 1 unspecified atom stereocenters. The summed E-state index contributed by atoms with van der Waals surface area (Å²) in [7, 11) is 0. The van der Waals surface area contributed by atoms with E-state index in [1.165, 1.54) is 0 Å². The van der Waals surface area contributed by atoms with Crippen molar-refractivity contribution in [1.29, 1.82) is 0 Å². The van der Waals surface area contributed by atoms with Crippen LogP contribution < -0.4 is 11.5 Å². The van der Waals surface area contributed by atoms with E-state index in [0.717, 1.165) is 0 Å². The Bertz CT molecular complexity index is 73.3. The number of rotatable bonds is 2. The summed E-state index contributed by atoms with van der Waals surface area (Å²) in [5.74, 6) is -1.16. The van der Waals surface area contributed by atoms with Crippen molar-refractivity contribution in [3.63, 3.8) is 0 Å². The maximum atomic E-state index is 9.66. The molecule has 0 rings (SSSR count). The van der Waals surface area contributed by atoms with Crippen molar-refractivity contribution >= 4 is 5.97 Å². The van der Waals surface area contributed by atoms with Crippen LogP contribution in [0, 0.1) is 0 Å². The molecule has 0 aromatic heterocycles. The van der Waals surface area contributed by atoms with Gasteiger partial charge in [0.15, 0.2) is 0 Å². The zero-order valence-electron chi connectivity index (χ0n) is 3.72. The number of carbonyl (C=O) groups is 1. The van der Waals surface area contributed by atoms with Crippen molar-refractivity contribution in [2.24, 2.45) is 5.73 Å². The minimum atomic E-state index is -1.16. The normalized spacial score (nSPS) is 13.4. The third kappa shape index (κ3) is 2.13. The molecular formula is C3H7N2O2. The number of hydrogen-bond donors (Lipinski definition) is 2. The molecule has 41 valence electrons. The summed E-state index contributed by atoms with van der Waals surface area (Å²) >= 11 is 0. The van der Waals surface area contributed by atoms with Crippen LogP contribution in [0.25, 0.3) is 0 Å². The third-order valence-corrected chi connectivity index (χ3v) is 0.534. The molecular weight excluding hydrogens is 96.0 g/mol. The highest BCUT2D eigenvalue weighted by atomic mass is 16.4.